The molecule has 1 saturated carbocycles. The Morgan fingerprint density at radius 2 is 2.50 bits per heavy atom. The van der Waals surface area contributed by atoms with Gasteiger partial charge in [0.1, 0.15) is 0 Å². The van der Waals surface area contributed by atoms with Gasteiger partial charge in [0, 0.05) is 5.92 Å². The van der Waals surface area contributed by atoms with Crippen molar-refractivity contribution in [3.63, 3.8) is 0 Å². The van der Waals surface area contributed by atoms with Crippen LogP contribution >= 0.6 is 0 Å². The van der Waals surface area contributed by atoms with Crippen molar-refractivity contribution in [3.8, 4) is 12.3 Å². The first-order chi connectivity index (χ1) is 3.83. The summed E-state index contributed by atoms with van der Waals surface area (Å²) in [7, 11) is 0. The Kier molecular flexibility index (Phi) is 1.39. The lowest BCUT2D eigenvalue weighted by molar-refractivity contribution is 0.720. The maximum Gasteiger partial charge on any atom is 0.0240 e. The van der Waals surface area contributed by atoms with E-state index in [0.29, 0.717) is 5.92 Å². The molecule has 0 aliphatic heterocycles. The minimum Gasteiger partial charge on any atom is -0.120 e. The highest BCUT2D eigenvalue weighted by molar-refractivity contribution is 5.10. The van der Waals surface area contributed by atoms with E-state index < -0.39 is 0 Å². The van der Waals surface area contributed by atoms with Crippen LogP contribution in [0.3, 0.4) is 0 Å². The van der Waals surface area contributed by atoms with E-state index in [2.05, 4.69) is 12.5 Å². The molecule has 0 aromatic rings. The summed E-state index contributed by atoms with van der Waals surface area (Å²) in [6, 6.07) is 0. The predicted molar refractivity (Wildman–Crippen MR) is 35.3 cm³/mol. The average molecular weight is 106 g/mol. The standard InChI is InChI=1S/C8H10/c1-3-8-5-4-7(2)6-8/h1,8H,2,4-6H2. The van der Waals surface area contributed by atoms with E-state index in [1.807, 2.05) is 0 Å². The summed E-state index contributed by atoms with van der Waals surface area (Å²) in [5, 5.41) is 0. The van der Waals surface area contributed by atoms with Crippen molar-refractivity contribution < 1.29 is 0 Å². The van der Waals surface area contributed by atoms with Gasteiger partial charge in [-0.3, -0.25) is 0 Å². The molecule has 0 heterocycles. The van der Waals surface area contributed by atoms with Crippen molar-refractivity contribution in [2.75, 3.05) is 0 Å². The second-order valence-corrected chi connectivity index (χ2v) is 2.36. The molecule has 0 heteroatoms. The molecule has 1 rings (SSSR count). The molecule has 42 valence electrons. The third-order valence-corrected chi connectivity index (χ3v) is 1.62. The third-order valence-electron chi connectivity index (χ3n) is 1.62. The van der Waals surface area contributed by atoms with Gasteiger partial charge in [-0.2, -0.15) is 0 Å². The minimum absolute atomic E-state index is 0.502. The largest absolute Gasteiger partial charge is 0.120 e. The summed E-state index contributed by atoms with van der Waals surface area (Å²) < 4.78 is 0. The molecule has 1 unspecified atom stereocenters. The van der Waals surface area contributed by atoms with Crippen molar-refractivity contribution in [3.05, 3.63) is 12.2 Å². The number of terminal acetylenes is 1. The minimum atomic E-state index is 0.502. The highest BCUT2D eigenvalue weighted by atomic mass is 14.2. The normalized spacial score (nSPS) is 27.9. The van der Waals surface area contributed by atoms with E-state index in [1.54, 1.807) is 0 Å². The molecular weight excluding hydrogens is 96.1 g/mol. The Bertz CT molecular complexity index is 137. The summed E-state index contributed by atoms with van der Waals surface area (Å²) in [4.78, 5) is 0. The second kappa shape index (κ2) is 2.05. The molecule has 1 atom stereocenters. The van der Waals surface area contributed by atoms with E-state index in [0.717, 1.165) is 19.3 Å². The maximum absolute atomic E-state index is 5.20. The summed E-state index contributed by atoms with van der Waals surface area (Å²) in [5.41, 5.74) is 1.33. The van der Waals surface area contributed by atoms with Gasteiger partial charge in [0.25, 0.3) is 0 Å². The van der Waals surface area contributed by atoms with Gasteiger partial charge in [-0.25, -0.2) is 0 Å². The molecule has 1 aliphatic carbocycles. The van der Waals surface area contributed by atoms with Crippen LogP contribution in [0.25, 0.3) is 0 Å². The molecule has 1 fully saturated rings. The Labute approximate surface area is 50.6 Å². The highest BCUT2D eigenvalue weighted by Crippen LogP contribution is 2.27. The maximum atomic E-state index is 5.20. The summed E-state index contributed by atoms with van der Waals surface area (Å²) in [5.74, 6) is 3.24. The summed E-state index contributed by atoms with van der Waals surface area (Å²) in [6.07, 6.45) is 8.58. The first kappa shape index (κ1) is 5.44. The van der Waals surface area contributed by atoms with Crippen LogP contribution in [0.1, 0.15) is 19.3 Å². The van der Waals surface area contributed by atoms with Crippen LogP contribution in [0.2, 0.25) is 0 Å². The molecule has 0 amide bonds. The molecule has 0 aromatic carbocycles. The molecule has 0 bridgehead atoms. The van der Waals surface area contributed by atoms with Crippen LogP contribution in [0.15, 0.2) is 12.2 Å². The van der Waals surface area contributed by atoms with E-state index >= 15 is 0 Å². The number of hydrogen-bond acceptors (Lipinski definition) is 0. The summed E-state index contributed by atoms with van der Waals surface area (Å²) >= 11 is 0. The van der Waals surface area contributed by atoms with Crippen LogP contribution in [0, 0.1) is 18.3 Å². The van der Waals surface area contributed by atoms with Crippen LogP contribution in [-0.4, -0.2) is 0 Å². The zero-order valence-electron chi connectivity index (χ0n) is 4.98. The van der Waals surface area contributed by atoms with Gasteiger partial charge in [-0.1, -0.05) is 12.2 Å². The lowest BCUT2D eigenvalue weighted by atomic mass is 10.1. The van der Waals surface area contributed by atoms with Gasteiger partial charge in [0.2, 0.25) is 0 Å². The number of rotatable bonds is 0. The van der Waals surface area contributed by atoms with Crippen molar-refractivity contribution in [1.29, 1.82) is 0 Å². The second-order valence-electron chi connectivity index (χ2n) is 2.36. The fraction of sp³-hybridized carbons (Fsp3) is 0.500. The van der Waals surface area contributed by atoms with Crippen molar-refractivity contribution in [2.24, 2.45) is 5.92 Å². The zero-order chi connectivity index (χ0) is 5.98. The van der Waals surface area contributed by atoms with E-state index in [4.69, 9.17) is 6.42 Å². The van der Waals surface area contributed by atoms with Gasteiger partial charge in [0.15, 0.2) is 0 Å². The number of hydrogen-bond donors (Lipinski definition) is 0. The van der Waals surface area contributed by atoms with Crippen molar-refractivity contribution in [1.82, 2.24) is 0 Å². The van der Waals surface area contributed by atoms with Gasteiger partial charge < -0.3 is 0 Å². The molecular formula is C8H10. The fourth-order valence-electron chi connectivity index (χ4n) is 1.07. The molecule has 1 aliphatic rings. The van der Waals surface area contributed by atoms with Gasteiger partial charge in [-0.15, -0.1) is 12.3 Å². The quantitative estimate of drug-likeness (QED) is 0.327. The predicted octanol–water partition coefficient (Wildman–Crippen LogP) is 1.98. The lowest BCUT2D eigenvalue weighted by Gasteiger charge is -1.92. The topological polar surface area (TPSA) is 0 Å². The Balaban J connectivity index is 2.47. The van der Waals surface area contributed by atoms with Crippen LogP contribution in [0.5, 0.6) is 0 Å². The van der Waals surface area contributed by atoms with Gasteiger partial charge >= 0.3 is 0 Å². The zero-order valence-corrected chi connectivity index (χ0v) is 4.98. The Morgan fingerprint density at radius 3 is 2.75 bits per heavy atom. The van der Waals surface area contributed by atoms with E-state index in [-0.39, 0.29) is 0 Å². The molecule has 0 radical (unpaired) electrons. The van der Waals surface area contributed by atoms with Crippen molar-refractivity contribution in [2.45, 2.75) is 19.3 Å². The van der Waals surface area contributed by atoms with Crippen molar-refractivity contribution >= 4 is 0 Å². The SMILES string of the molecule is C#CC1CCC(=C)C1. The molecule has 0 saturated heterocycles. The van der Waals surface area contributed by atoms with Crippen LogP contribution < -0.4 is 0 Å². The highest BCUT2D eigenvalue weighted by Gasteiger charge is 2.14. The molecule has 0 N–H and O–H groups in total. The van der Waals surface area contributed by atoms with Crippen LogP contribution in [0.4, 0.5) is 0 Å². The monoisotopic (exact) mass is 106 g/mol. The lowest BCUT2D eigenvalue weighted by Crippen LogP contribution is -1.83. The fourth-order valence-corrected chi connectivity index (χ4v) is 1.07. The molecule has 0 nitrogen and oxygen atoms in total. The third kappa shape index (κ3) is 0.924. The average Bonchev–Trinajstić information content (AvgIpc) is 2.14. The first-order valence-corrected chi connectivity index (χ1v) is 2.95. The first-order valence-electron chi connectivity index (χ1n) is 2.95. The summed E-state index contributed by atoms with van der Waals surface area (Å²) in [6.45, 7) is 3.86. The number of allylic oxidation sites excluding steroid dienone is 1. The molecule has 0 aromatic heterocycles. The molecule has 0 spiro atoms. The van der Waals surface area contributed by atoms with Crippen LogP contribution in [-0.2, 0) is 0 Å². The van der Waals surface area contributed by atoms with Gasteiger partial charge in [-0.05, 0) is 19.3 Å². The molecule has 8 heavy (non-hydrogen) atoms. The Hall–Kier alpha value is -0.700. The van der Waals surface area contributed by atoms with E-state index in [9.17, 15) is 0 Å². The van der Waals surface area contributed by atoms with E-state index in [1.165, 1.54) is 5.57 Å². The smallest absolute Gasteiger partial charge is 0.0240 e. The van der Waals surface area contributed by atoms with Gasteiger partial charge in [0.05, 0.1) is 0 Å². The Morgan fingerprint density at radius 1 is 1.75 bits per heavy atom.